The second kappa shape index (κ2) is 9.41. The summed E-state index contributed by atoms with van der Waals surface area (Å²) in [6.45, 7) is 3.30. The van der Waals surface area contributed by atoms with Crippen LogP contribution in [-0.2, 0) is 4.79 Å². The van der Waals surface area contributed by atoms with Gasteiger partial charge in [-0.3, -0.25) is 4.79 Å². The third-order valence-electron chi connectivity index (χ3n) is 5.16. The first-order valence-electron chi connectivity index (χ1n) is 9.74. The maximum atomic E-state index is 14.0. The van der Waals surface area contributed by atoms with Gasteiger partial charge in [0.05, 0.1) is 6.04 Å². The van der Waals surface area contributed by atoms with E-state index < -0.39 is 6.04 Å². The number of anilines is 1. The SMILES string of the molecule is CC(c1ccccc1F)N(C)C(=O)Nc1cccc(OCC(=O)N2CCCC2)c1. The van der Waals surface area contributed by atoms with Gasteiger partial charge in [0, 0.05) is 37.5 Å². The zero-order chi connectivity index (χ0) is 20.8. The van der Waals surface area contributed by atoms with Crippen molar-refractivity contribution >= 4 is 17.6 Å². The van der Waals surface area contributed by atoms with E-state index in [9.17, 15) is 14.0 Å². The average molecular weight is 399 g/mol. The highest BCUT2D eigenvalue weighted by Crippen LogP contribution is 2.23. The van der Waals surface area contributed by atoms with Crippen LogP contribution in [0.1, 0.15) is 31.4 Å². The van der Waals surface area contributed by atoms with Gasteiger partial charge in [0.25, 0.3) is 5.91 Å². The number of nitrogens with zero attached hydrogens (tertiary/aromatic N) is 2. The van der Waals surface area contributed by atoms with Crippen molar-refractivity contribution in [3.05, 3.63) is 59.9 Å². The quantitative estimate of drug-likeness (QED) is 0.797. The van der Waals surface area contributed by atoms with Crippen LogP contribution >= 0.6 is 0 Å². The lowest BCUT2D eigenvalue weighted by Crippen LogP contribution is -2.34. The third kappa shape index (κ3) is 5.25. The number of nitrogens with one attached hydrogen (secondary N) is 1. The first-order valence-corrected chi connectivity index (χ1v) is 9.74. The summed E-state index contributed by atoms with van der Waals surface area (Å²) in [5.41, 5.74) is 0.983. The number of amides is 3. The number of ether oxygens (including phenoxy) is 1. The van der Waals surface area contributed by atoms with Crippen molar-refractivity contribution in [2.75, 3.05) is 32.1 Å². The first-order chi connectivity index (χ1) is 14.0. The van der Waals surface area contributed by atoms with Gasteiger partial charge < -0.3 is 19.9 Å². The van der Waals surface area contributed by atoms with Gasteiger partial charge in [0.2, 0.25) is 0 Å². The number of urea groups is 1. The molecule has 0 saturated carbocycles. The molecule has 1 N–H and O–H groups in total. The van der Waals surface area contributed by atoms with Crippen molar-refractivity contribution in [3.63, 3.8) is 0 Å². The van der Waals surface area contributed by atoms with Crippen LogP contribution < -0.4 is 10.1 Å². The molecule has 1 saturated heterocycles. The van der Waals surface area contributed by atoms with Crippen LogP contribution in [0.25, 0.3) is 0 Å². The minimum Gasteiger partial charge on any atom is -0.484 e. The number of benzene rings is 2. The van der Waals surface area contributed by atoms with Crippen LogP contribution in [0.15, 0.2) is 48.5 Å². The summed E-state index contributed by atoms with van der Waals surface area (Å²) in [5.74, 6) is 0.119. The fourth-order valence-corrected chi connectivity index (χ4v) is 3.28. The molecule has 0 bridgehead atoms. The van der Waals surface area contributed by atoms with E-state index in [0.717, 1.165) is 25.9 Å². The number of hydrogen-bond acceptors (Lipinski definition) is 3. The molecule has 1 fully saturated rings. The molecule has 2 aromatic carbocycles. The van der Waals surface area contributed by atoms with Crippen molar-refractivity contribution in [2.45, 2.75) is 25.8 Å². The topological polar surface area (TPSA) is 61.9 Å². The number of halogens is 1. The maximum Gasteiger partial charge on any atom is 0.322 e. The fourth-order valence-electron chi connectivity index (χ4n) is 3.28. The molecule has 1 atom stereocenters. The standard InChI is InChI=1S/C22H26FN3O3/c1-16(19-10-3-4-11-20(19)23)25(2)22(28)24-17-8-7-9-18(14-17)29-15-21(27)26-12-5-6-13-26/h3-4,7-11,14,16H,5-6,12-13,15H2,1-2H3,(H,24,28). The Morgan fingerprint density at radius 2 is 1.90 bits per heavy atom. The Kier molecular flexibility index (Phi) is 6.69. The summed E-state index contributed by atoms with van der Waals surface area (Å²) in [6.07, 6.45) is 2.07. The zero-order valence-corrected chi connectivity index (χ0v) is 16.7. The van der Waals surface area contributed by atoms with E-state index >= 15 is 0 Å². The molecular weight excluding hydrogens is 373 g/mol. The summed E-state index contributed by atoms with van der Waals surface area (Å²) in [4.78, 5) is 27.9. The van der Waals surface area contributed by atoms with E-state index in [-0.39, 0.29) is 24.4 Å². The number of carbonyl (C=O) groups excluding carboxylic acids is 2. The van der Waals surface area contributed by atoms with E-state index in [4.69, 9.17) is 4.74 Å². The van der Waals surface area contributed by atoms with Crippen molar-refractivity contribution < 1.29 is 18.7 Å². The highest BCUT2D eigenvalue weighted by Gasteiger charge is 2.21. The second-order valence-electron chi connectivity index (χ2n) is 7.14. The molecule has 0 aromatic heterocycles. The van der Waals surface area contributed by atoms with E-state index in [0.29, 0.717) is 17.0 Å². The van der Waals surface area contributed by atoms with Crippen LogP contribution in [0.4, 0.5) is 14.9 Å². The molecule has 6 nitrogen and oxygen atoms in total. The van der Waals surface area contributed by atoms with Gasteiger partial charge in [-0.05, 0) is 38.0 Å². The Labute approximate surface area is 170 Å². The molecule has 7 heteroatoms. The van der Waals surface area contributed by atoms with Crippen LogP contribution in [0, 0.1) is 5.82 Å². The highest BCUT2D eigenvalue weighted by molar-refractivity contribution is 5.89. The number of hydrogen-bond donors (Lipinski definition) is 1. The summed E-state index contributed by atoms with van der Waals surface area (Å²) >= 11 is 0. The van der Waals surface area contributed by atoms with E-state index in [2.05, 4.69) is 5.32 Å². The lowest BCUT2D eigenvalue weighted by atomic mass is 10.1. The molecule has 3 rings (SSSR count). The smallest absolute Gasteiger partial charge is 0.322 e. The normalized spacial score (nSPS) is 14.4. The number of rotatable bonds is 6. The Bertz CT molecular complexity index is 868. The molecule has 29 heavy (non-hydrogen) atoms. The summed E-state index contributed by atoms with van der Waals surface area (Å²) in [7, 11) is 1.61. The molecule has 1 unspecified atom stereocenters. The molecule has 0 spiro atoms. The predicted molar refractivity (Wildman–Crippen MR) is 109 cm³/mol. The first kappa shape index (κ1) is 20.6. The molecule has 0 aliphatic carbocycles. The van der Waals surface area contributed by atoms with E-state index in [1.165, 1.54) is 11.0 Å². The second-order valence-corrected chi connectivity index (χ2v) is 7.14. The lowest BCUT2D eigenvalue weighted by molar-refractivity contribution is -0.132. The Balaban J connectivity index is 1.58. The molecule has 2 aromatic rings. The Morgan fingerprint density at radius 3 is 2.62 bits per heavy atom. The minimum absolute atomic E-state index is 0.0262. The monoisotopic (exact) mass is 399 g/mol. The summed E-state index contributed by atoms with van der Waals surface area (Å²) < 4.78 is 19.6. The van der Waals surface area contributed by atoms with Crippen LogP contribution in [0.2, 0.25) is 0 Å². The van der Waals surface area contributed by atoms with E-state index in [1.54, 1.807) is 61.3 Å². The molecule has 0 radical (unpaired) electrons. The van der Waals surface area contributed by atoms with Gasteiger partial charge in [-0.1, -0.05) is 24.3 Å². The minimum atomic E-state index is -0.436. The van der Waals surface area contributed by atoms with Crippen molar-refractivity contribution in [1.29, 1.82) is 0 Å². The fraction of sp³-hybridized carbons (Fsp3) is 0.364. The van der Waals surface area contributed by atoms with Crippen LogP contribution in [0.5, 0.6) is 5.75 Å². The van der Waals surface area contributed by atoms with Gasteiger partial charge in [-0.15, -0.1) is 0 Å². The van der Waals surface area contributed by atoms with Crippen molar-refractivity contribution in [3.8, 4) is 5.75 Å². The van der Waals surface area contributed by atoms with Crippen molar-refractivity contribution in [1.82, 2.24) is 9.80 Å². The van der Waals surface area contributed by atoms with Gasteiger partial charge >= 0.3 is 6.03 Å². The predicted octanol–water partition coefficient (Wildman–Crippen LogP) is 4.05. The number of likely N-dealkylation sites (tertiary alicyclic amines) is 1. The maximum absolute atomic E-state index is 14.0. The van der Waals surface area contributed by atoms with Gasteiger partial charge in [-0.2, -0.15) is 0 Å². The van der Waals surface area contributed by atoms with Gasteiger partial charge in [-0.25, -0.2) is 9.18 Å². The van der Waals surface area contributed by atoms with Crippen molar-refractivity contribution in [2.24, 2.45) is 0 Å². The van der Waals surface area contributed by atoms with Crippen LogP contribution in [-0.4, -0.2) is 48.5 Å². The summed E-state index contributed by atoms with van der Waals surface area (Å²) in [6, 6.07) is 12.5. The Morgan fingerprint density at radius 1 is 1.17 bits per heavy atom. The van der Waals surface area contributed by atoms with Gasteiger partial charge in [0.15, 0.2) is 6.61 Å². The van der Waals surface area contributed by atoms with Crippen LogP contribution in [0.3, 0.4) is 0 Å². The third-order valence-corrected chi connectivity index (χ3v) is 5.16. The largest absolute Gasteiger partial charge is 0.484 e. The Hall–Kier alpha value is -3.09. The lowest BCUT2D eigenvalue weighted by Gasteiger charge is -2.26. The summed E-state index contributed by atoms with van der Waals surface area (Å²) in [5, 5.41) is 2.78. The highest BCUT2D eigenvalue weighted by atomic mass is 19.1. The molecular formula is C22H26FN3O3. The number of carbonyl (C=O) groups is 2. The van der Waals surface area contributed by atoms with Gasteiger partial charge in [0.1, 0.15) is 11.6 Å². The molecule has 1 aliphatic heterocycles. The molecule has 1 aliphatic rings. The molecule has 3 amide bonds. The molecule has 1 heterocycles. The zero-order valence-electron chi connectivity index (χ0n) is 16.7. The molecule has 154 valence electrons. The van der Waals surface area contributed by atoms with E-state index in [1.807, 2.05) is 0 Å². The average Bonchev–Trinajstić information content (AvgIpc) is 3.26.